The van der Waals surface area contributed by atoms with E-state index in [1.54, 1.807) is 4.90 Å². The third kappa shape index (κ3) is 5.09. The Kier molecular flexibility index (Phi) is 8.83. The van der Waals surface area contributed by atoms with Crippen LogP contribution in [0.25, 0.3) is 28.0 Å². The number of benzene rings is 1. The molecule has 250 valence electrons. The number of carbonyl (C=O) groups excluding carboxylic acids is 1. The molecule has 2 aromatic heterocycles. The van der Waals surface area contributed by atoms with Crippen LogP contribution in [0.15, 0.2) is 34.1 Å². The Morgan fingerprint density at radius 3 is 2.52 bits per heavy atom. The second-order valence-corrected chi connectivity index (χ2v) is 14.9. The molecular weight excluding hydrogens is 781 g/mol. The molecule has 0 bridgehead atoms. The van der Waals surface area contributed by atoms with E-state index in [1.807, 2.05) is 25.7 Å². The largest absolute Gasteiger partial charge is 0.395 e. The molecule has 9 nitrogen and oxygen atoms in total. The minimum Gasteiger partial charge on any atom is -0.395 e. The fraction of sp³-hybridized carbons (Fsp3) is 0.364. The second-order valence-electron chi connectivity index (χ2n) is 12.3. The molecule has 1 saturated carbocycles. The summed E-state index contributed by atoms with van der Waals surface area (Å²) >= 11 is 15.2. The second kappa shape index (κ2) is 12.4. The molecule has 0 radical (unpaired) electrons. The summed E-state index contributed by atoms with van der Waals surface area (Å²) < 4.78 is 45.6. The first-order chi connectivity index (χ1) is 22.7. The first kappa shape index (κ1) is 34.3. The van der Waals surface area contributed by atoms with Crippen LogP contribution in [0.4, 0.5) is 24.5 Å². The van der Waals surface area contributed by atoms with Crippen LogP contribution in [-0.2, 0) is 4.79 Å². The van der Waals surface area contributed by atoms with Crippen LogP contribution in [0.5, 0.6) is 0 Å². The Morgan fingerprint density at radius 1 is 1.23 bits per heavy atom. The van der Waals surface area contributed by atoms with Crippen molar-refractivity contribution >= 4 is 85.5 Å². The van der Waals surface area contributed by atoms with Crippen molar-refractivity contribution in [1.82, 2.24) is 14.5 Å². The van der Waals surface area contributed by atoms with E-state index in [1.165, 1.54) is 16.7 Å². The smallest absolute Gasteiger partial charge is 0.276 e. The number of piperazine rings is 1. The van der Waals surface area contributed by atoms with Crippen molar-refractivity contribution in [3.63, 3.8) is 0 Å². The summed E-state index contributed by atoms with van der Waals surface area (Å²) in [7, 11) is 0. The summed E-state index contributed by atoms with van der Waals surface area (Å²) in [6, 6.07) is 3.21. The molecule has 3 aliphatic rings. The van der Waals surface area contributed by atoms with Gasteiger partial charge in [0.2, 0.25) is 5.91 Å². The fourth-order valence-electron chi connectivity index (χ4n) is 7.00. The van der Waals surface area contributed by atoms with Gasteiger partial charge >= 0.3 is 0 Å². The van der Waals surface area contributed by atoms with E-state index < -0.39 is 39.3 Å². The van der Waals surface area contributed by atoms with E-state index >= 15 is 4.39 Å². The van der Waals surface area contributed by atoms with Gasteiger partial charge in [-0.3, -0.25) is 19.1 Å². The lowest BCUT2D eigenvalue weighted by Crippen LogP contribution is -2.54. The number of nitrogens with zero attached hydrogens (tertiary/aromatic N) is 6. The van der Waals surface area contributed by atoms with Gasteiger partial charge in [0, 0.05) is 37.0 Å². The lowest BCUT2D eigenvalue weighted by atomic mass is 9.99. The van der Waals surface area contributed by atoms with Crippen LogP contribution in [0.1, 0.15) is 33.3 Å². The van der Waals surface area contributed by atoms with Crippen LogP contribution in [-0.4, -0.2) is 61.7 Å². The highest BCUT2D eigenvalue weighted by molar-refractivity contribution is 14.1. The number of allylic oxidation sites excluding steroid dienone is 1. The van der Waals surface area contributed by atoms with Gasteiger partial charge in [-0.25, -0.2) is 18.2 Å². The van der Waals surface area contributed by atoms with Gasteiger partial charge in [-0.1, -0.05) is 59.3 Å². The quantitative estimate of drug-likeness (QED) is 0.0775. The van der Waals surface area contributed by atoms with E-state index in [9.17, 15) is 23.6 Å². The third-order valence-corrected chi connectivity index (χ3v) is 10.7. The van der Waals surface area contributed by atoms with E-state index in [0.717, 1.165) is 5.57 Å². The minimum absolute atomic E-state index is 0.0322. The predicted molar refractivity (Wildman–Crippen MR) is 190 cm³/mol. The van der Waals surface area contributed by atoms with E-state index in [-0.39, 0.29) is 86.4 Å². The number of nitrogen functional groups attached to an aromatic ring is 1. The number of nitrogens with two attached hydrogens (primary N) is 1. The molecule has 2 aliphatic heterocycles. The lowest BCUT2D eigenvalue weighted by Gasteiger charge is -2.41. The molecule has 6 rings (SSSR count). The molecule has 0 spiro atoms. The highest BCUT2D eigenvalue weighted by Gasteiger charge is 2.52. The maximum absolute atomic E-state index is 15.5. The normalized spacial score (nSPS) is 22.7. The summed E-state index contributed by atoms with van der Waals surface area (Å²) in [4.78, 5) is 40.2. The standard InChI is InChI=1S/C33H29Cl2F3IN7O2/c1-6-19(47)45-8-7-44(11-12(45)2)31-16-9-18(34)29(21-22(35)26(41)25(38)24(37)23(21)36)43-32(16)46(33(48)17(31)10-40)30-14(4)20-13(3)27(20)42-28(30)15(5)39/h6,9,12-13,15,20,27H,1,7-8,11,41H2,2-5H3/t12-,13?,15?,20?,27?/m1/s1. The van der Waals surface area contributed by atoms with Gasteiger partial charge in [-0.2, -0.15) is 5.26 Å². The zero-order valence-electron chi connectivity index (χ0n) is 26.2. The van der Waals surface area contributed by atoms with Crippen molar-refractivity contribution in [1.29, 1.82) is 5.26 Å². The van der Waals surface area contributed by atoms with Gasteiger partial charge in [0.1, 0.15) is 17.3 Å². The molecule has 1 saturated heterocycles. The maximum atomic E-state index is 15.5. The number of dihydropyridines is 1. The van der Waals surface area contributed by atoms with Gasteiger partial charge in [0.05, 0.1) is 54.1 Å². The number of aromatic nitrogens is 2. The molecule has 1 aromatic carbocycles. The van der Waals surface area contributed by atoms with E-state index in [0.29, 0.717) is 11.4 Å². The summed E-state index contributed by atoms with van der Waals surface area (Å²) in [6.07, 6.45) is 1.22. The Morgan fingerprint density at radius 2 is 1.92 bits per heavy atom. The number of hydrogen-bond acceptors (Lipinski definition) is 7. The SMILES string of the molecule is C=CC(=O)N1CCN(c2c(C#N)c(=O)n(C3=C(C)C4C(C)C4N=C3C(C)I)c3nc(-c4c(F)c(F)c(F)c(N)c4Cl)c(Cl)cc23)C[C@H]1C. The number of halogens is 6. The van der Waals surface area contributed by atoms with Gasteiger partial charge in [-0.15, -0.1) is 0 Å². The molecule has 15 heteroatoms. The number of alkyl halides is 1. The van der Waals surface area contributed by atoms with Crippen LogP contribution in [0, 0.1) is 40.6 Å². The van der Waals surface area contributed by atoms with Crippen molar-refractivity contribution in [2.24, 2.45) is 16.8 Å². The van der Waals surface area contributed by atoms with Crippen molar-refractivity contribution in [3.05, 3.63) is 67.7 Å². The first-order valence-electron chi connectivity index (χ1n) is 15.1. The number of amides is 1. The fourth-order valence-corrected chi connectivity index (χ4v) is 7.96. The summed E-state index contributed by atoms with van der Waals surface area (Å²) in [5.74, 6) is -5.17. The summed E-state index contributed by atoms with van der Waals surface area (Å²) in [5, 5.41) is 9.92. The number of aliphatic imine (C=N–C) groups is 1. The molecule has 2 N–H and O–H groups in total. The molecule has 1 aliphatic carbocycles. The highest BCUT2D eigenvalue weighted by atomic mass is 127. The zero-order chi connectivity index (χ0) is 35.1. The van der Waals surface area contributed by atoms with Gasteiger partial charge < -0.3 is 15.5 Å². The monoisotopic (exact) mass is 809 g/mol. The molecule has 4 unspecified atom stereocenters. The molecule has 48 heavy (non-hydrogen) atoms. The number of pyridine rings is 2. The summed E-state index contributed by atoms with van der Waals surface area (Å²) in [6.45, 7) is 12.1. The van der Waals surface area contributed by atoms with Gasteiger partial charge in [0.15, 0.2) is 17.5 Å². The molecular formula is C33H29Cl2F3IN7O2. The number of hydrogen-bond donors (Lipinski definition) is 1. The third-order valence-electron chi connectivity index (χ3n) is 9.46. The topological polar surface area (TPSA) is 121 Å². The number of anilines is 2. The number of nitriles is 1. The van der Waals surface area contributed by atoms with Crippen LogP contribution in [0.2, 0.25) is 10.0 Å². The van der Waals surface area contributed by atoms with E-state index in [2.05, 4.69) is 47.1 Å². The minimum atomic E-state index is -1.86. The average molecular weight is 810 g/mol. The maximum Gasteiger partial charge on any atom is 0.276 e. The van der Waals surface area contributed by atoms with Gasteiger partial charge in [0.25, 0.3) is 5.56 Å². The zero-order valence-corrected chi connectivity index (χ0v) is 29.9. The van der Waals surface area contributed by atoms with Crippen molar-refractivity contribution in [2.45, 2.75) is 43.7 Å². The predicted octanol–water partition coefficient (Wildman–Crippen LogP) is 6.61. The Balaban J connectivity index is 1.72. The molecule has 3 aromatic rings. The Bertz CT molecular complexity index is 2100. The highest BCUT2D eigenvalue weighted by Crippen LogP contribution is 2.52. The summed E-state index contributed by atoms with van der Waals surface area (Å²) in [5.41, 5.74) is 5.01. The first-order valence-corrected chi connectivity index (χ1v) is 17.1. The van der Waals surface area contributed by atoms with Crippen molar-refractivity contribution in [3.8, 4) is 17.3 Å². The Labute approximate surface area is 297 Å². The average Bonchev–Trinajstić information content (AvgIpc) is 3.72. The van der Waals surface area contributed by atoms with E-state index in [4.69, 9.17) is 33.9 Å². The van der Waals surface area contributed by atoms with Crippen molar-refractivity contribution < 1.29 is 18.0 Å². The van der Waals surface area contributed by atoms with Crippen LogP contribution < -0.4 is 16.2 Å². The van der Waals surface area contributed by atoms with Crippen LogP contribution in [0.3, 0.4) is 0 Å². The molecule has 1 amide bonds. The number of rotatable bonds is 5. The number of carbonyl (C=O) groups is 1. The Hall–Kier alpha value is -3.61. The molecule has 5 atom stereocenters. The lowest BCUT2D eigenvalue weighted by molar-refractivity contribution is -0.128. The number of fused-ring (bicyclic) bond motifs is 2. The molecule has 4 heterocycles. The van der Waals surface area contributed by atoms with Crippen molar-refractivity contribution in [2.75, 3.05) is 30.3 Å². The van der Waals surface area contributed by atoms with Crippen LogP contribution >= 0.6 is 45.8 Å². The van der Waals surface area contributed by atoms with Gasteiger partial charge in [-0.05, 0) is 44.4 Å². The molecule has 2 fully saturated rings.